The lowest BCUT2D eigenvalue weighted by Gasteiger charge is -2.11. The van der Waals surface area contributed by atoms with Gasteiger partial charge in [0.1, 0.15) is 28.4 Å². The zero-order valence-electron chi connectivity index (χ0n) is 18.2. The summed E-state index contributed by atoms with van der Waals surface area (Å²) in [4.78, 5) is 9.27. The first kappa shape index (κ1) is 22.7. The minimum Gasteiger partial charge on any atom is -0.497 e. The number of fused-ring (bicyclic) bond motifs is 1. The number of nitrogens with two attached hydrogens (primary N) is 1. The van der Waals surface area contributed by atoms with Crippen LogP contribution in [0.5, 0.6) is 11.5 Å². The van der Waals surface area contributed by atoms with Crippen LogP contribution in [0.2, 0.25) is 0 Å². The molecule has 31 heavy (non-hydrogen) atoms. The largest absolute Gasteiger partial charge is 0.497 e. The summed E-state index contributed by atoms with van der Waals surface area (Å²) in [6.45, 7) is 2.57. The van der Waals surface area contributed by atoms with Gasteiger partial charge in [0.25, 0.3) is 0 Å². The van der Waals surface area contributed by atoms with Gasteiger partial charge >= 0.3 is 0 Å². The van der Waals surface area contributed by atoms with E-state index in [0.717, 1.165) is 42.8 Å². The number of rotatable bonds is 9. The van der Waals surface area contributed by atoms with Gasteiger partial charge in [0.2, 0.25) is 0 Å². The van der Waals surface area contributed by atoms with Gasteiger partial charge in [-0.15, -0.1) is 11.6 Å². The molecule has 0 amide bonds. The summed E-state index contributed by atoms with van der Waals surface area (Å²) in [5, 5.41) is 4.72. The lowest BCUT2D eigenvalue weighted by atomic mass is 10.2. The van der Waals surface area contributed by atoms with E-state index < -0.39 is 0 Å². The SMILES string of the molecule is CCCCc1nc(N)c2c(n1)c(C#CCCCCl)nn2Cc1ccc(OC)cc1OC. The minimum absolute atomic E-state index is 0.407. The molecule has 3 aromatic rings. The van der Waals surface area contributed by atoms with Crippen molar-refractivity contribution in [2.45, 2.75) is 45.6 Å². The normalized spacial score (nSPS) is 10.7. The molecule has 2 N–H and O–H groups in total. The Kier molecular flexibility index (Phi) is 7.96. The van der Waals surface area contributed by atoms with Gasteiger partial charge in [0, 0.05) is 30.4 Å². The predicted molar refractivity (Wildman–Crippen MR) is 124 cm³/mol. The number of nitrogen functional groups attached to an aromatic ring is 1. The maximum absolute atomic E-state index is 6.36. The molecule has 0 unspecified atom stereocenters. The molecule has 7 nitrogen and oxygen atoms in total. The number of alkyl halides is 1. The maximum atomic E-state index is 6.36. The molecule has 0 atom stereocenters. The average Bonchev–Trinajstić information content (AvgIpc) is 3.13. The third-order valence-corrected chi connectivity index (χ3v) is 5.14. The maximum Gasteiger partial charge on any atom is 0.161 e. The summed E-state index contributed by atoms with van der Waals surface area (Å²) in [5.74, 6) is 9.42. The number of hydrogen-bond acceptors (Lipinski definition) is 6. The fourth-order valence-corrected chi connectivity index (χ4v) is 3.38. The Balaban J connectivity index is 2.07. The van der Waals surface area contributed by atoms with Crippen LogP contribution in [0.3, 0.4) is 0 Å². The first-order chi connectivity index (χ1) is 15.1. The third-order valence-electron chi connectivity index (χ3n) is 4.87. The van der Waals surface area contributed by atoms with Crippen LogP contribution in [-0.2, 0) is 13.0 Å². The standard InChI is InChI=1S/C23H28ClN5O2/c1-4-5-10-20-26-21-18(9-7-6-8-13-24)28-29(22(21)23(25)27-20)15-16-11-12-17(30-2)14-19(16)31-3/h11-12,14H,4-6,8,10,13,15H2,1-3H3,(H2,25,26,27). The Morgan fingerprint density at radius 3 is 2.71 bits per heavy atom. The Hall–Kier alpha value is -2.98. The van der Waals surface area contributed by atoms with Gasteiger partial charge in [-0.05, 0) is 30.9 Å². The molecule has 0 aliphatic heterocycles. The second-order valence-electron chi connectivity index (χ2n) is 7.10. The van der Waals surface area contributed by atoms with E-state index in [1.807, 2.05) is 18.2 Å². The quantitative estimate of drug-likeness (QED) is 0.304. The van der Waals surface area contributed by atoms with Gasteiger partial charge in [-0.2, -0.15) is 5.10 Å². The number of nitrogens with zero attached hydrogens (tertiary/aromatic N) is 4. The second-order valence-corrected chi connectivity index (χ2v) is 7.48. The first-order valence-corrected chi connectivity index (χ1v) is 10.9. The average molecular weight is 442 g/mol. The highest BCUT2D eigenvalue weighted by Gasteiger charge is 2.18. The summed E-state index contributed by atoms with van der Waals surface area (Å²) in [7, 11) is 3.25. The molecule has 0 fully saturated rings. The summed E-state index contributed by atoms with van der Waals surface area (Å²) in [5.41, 5.74) is 9.26. The molecular weight excluding hydrogens is 414 g/mol. The van der Waals surface area contributed by atoms with Gasteiger partial charge in [0.15, 0.2) is 11.5 Å². The van der Waals surface area contributed by atoms with Crippen LogP contribution in [0.25, 0.3) is 11.0 Å². The van der Waals surface area contributed by atoms with Crippen molar-refractivity contribution in [3.63, 3.8) is 0 Å². The third kappa shape index (κ3) is 5.39. The number of methoxy groups -OCH3 is 2. The highest BCUT2D eigenvalue weighted by atomic mass is 35.5. The van der Waals surface area contributed by atoms with Crippen LogP contribution < -0.4 is 15.2 Å². The summed E-state index contributed by atoms with van der Waals surface area (Å²) in [6, 6.07) is 5.68. The molecule has 2 heterocycles. The van der Waals surface area contributed by atoms with E-state index in [-0.39, 0.29) is 0 Å². The smallest absolute Gasteiger partial charge is 0.161 e. The van der Waals surface area contributed by atoms with Crippen LogP contribution in [0.1, 0.15) is 49.7 Å². The molecule has 0 saturated carbocycles. The number of benzene rings is 1. The molecule has 0 bridgehead atoms. The molecule has 8 heteroatoms. The number of ether oxygens (including phenoxy) is 2. The molecule has 0 spiro atoms. The molecule has 0 aliphatic rings. The van der Waals surface area contributed by atoms with Crippen molar-refractivity contribution in [1.82, 2.24) is 19.7 Å². The molecule has 1 aromatic carbocycles. The van der Waals surface area contributed by atoms with E-state index in [1.54, 1.807) is 18.9 Å². The minimum atomic E-state index is 0.407. The Labute approximate surface area is 187 Å². The van der Waals surface area contributed by atoms with E-state index in [1.165, 1.54) is 0 Å². The van der Waals surface area contributed by atoms with Crippen molar-refractivity contribution in [3.05, 3.63) is 35.3 Å². The summed E-state index contributed by atoms with van der Waals surface area (Å²) >= 11 is 5.77. The van der Waals surface area contributed by atoms with Crippen molar-refractivity contribution >= 4 is 28.5 Å². The van der Waals surface area contributed by atoms with E-state index in [2.05, 4.69) is 23.7 Å². The lowest BCUT2D eigenvalue weighted by molar-refractivity contribution is 0.390. The summed E-state index contributed by atoms with van der Waals surface area (Å²) in [6.07, 6.45) is 4.36. The number of hydrogen-bond donors (Lipinski definition) is 1. The Morgan fingerprint density at radius 2 is 2.00 bits per heavy atom. The van der Waals surface area contributed by atoms with Gasteiger partial charge < -0.3 is 15.2 Å². The molecule has 2 aromatic heterocycles. The molecule has 0 radical (unpaired) electrons. The number of aromatic nitrogens is 4. The lowest BCUT2D eigenvalue weighted by Crippen LogP contribution is -2.07. The van der Waals surface area contributed by atoms with Gasteiger partial charge in [-0.25, -0.2) is 9.97 Å². The van der Waals surface area contributed by atoms with Crippen molar-refractivity contribution in [2.24, 2.45) is 0 Å². The van der Waals surface area contributed by atoms with Crippen molar-refractivity contribution in [1.29, 1.82) is 0 Å². The van der Waals surface area contributed by atoms with Crippen LogP contribution >= 0.6 is 11.6 Å². The van der Waals surface area contributed by atoms with Crippen LogP contribution in [0.4, 0.5) is 5.82 Å². The zero-order valence-corrected chi connectivity index (χ0v) is 19.0. The molecule has 0 aliphatic carbocycles. The highest BCUT2D eigenvalue weighted by Crippen LogP contribution is 2.28. The van der Waals surface area contributed by atoms with Crippen LogP contribution in [-0.4, -0.2) is 39.8 Å². The highest BCUT2D eigenvalue weighted by molar-refractivity contribution is 6.17. The van der Waals surface area contributed by atoms with Crippen molar-refractivity contribution in [3.8, 4) is 23.3 Å². The van der Waals surface area contributed by atoms with Gasteiger partial charge in [-0.3, -0.25) is 4.68 Å². The molecule has 0 saturated heterocycles. The van der Waals surface area contributed by atoms with Crippen molar-refractivity contribution < 1.29 is 9.47 Å². The number of anilines is 1. The monoisotopic (exact) mass is 441 g/mol. The predicted octanol–water partition coefficient (Wildman–Crippen LogP) is 4.19. The van der Waals surface area contributed by atoms with E-state index in [9.17, 15) is 0 Å². The molecule has 3 rings (SSSR count). The van der Waals surface area contributed by atoms with Gasteiger partial charge in [-0.1, -0.05) is 19.3 Å². The van der Waals surface area contributed by atoms with E-state index >= 15 is 0 Å². The molecular formula is C23H28ClN5O2. The Morgan fingerprint density at radius 1 is 1.16 bits per heavy atom. The summed E-state index contributed by atoms with van der Waals surface area (Å²) < 4.78 is 12.6. The number of aryl methyl sites for hydroxylation is 1. The zero-order chi connectivity index (χ0) is 22.2. The molecule has 164 valence electrons. The fourth-order valence-electron chi connectivity index (χ4n) is 3.25. The number of unbranched alkanes of at least 4 members (excludes halogenated alkanes) is 2. The van der Waals surface area contributed by atoms with E-state index in [0.29, 0.717) is 47.1 Å². The van der Waals surface area contributed by atoms with Gasteiger partial charge in [0.05, 0.1) is 20.8 Å². The Bertz CT molecular complexity index is 1100. The second kappa shape index (κ2) is 10.9. The van der Waals surface area contributed by atoms with Crippen LogP contribution in [0, 0.1) is 11.8 Å². The van der Waals surface area contributed by atoms with Crippen LogP contribution in [0.15, 0.2) is 18.2 Å². The number of halogens is 1. The fraction of sp³-hybridized carbons (Fsp3) is 0.435. The first-order valence-electron chi connectivity index (χ1n) is 10.4. The van der Waals surface area contributed by atoms with E-state index in [4.69, 9.17) is 36.9 Å². The van der Waals surface area contributed by atoms with Crippen molar-refractivity contribution in [2.75, 3.05) is 25.8 Å². The topological polar surface area (TPSA) is 88.1 Å².